The van der Waals surface area contributed by atoms with Gasteiger partial charge in [0.15, 0.2) is 0 Å². The predicted octanol–water partition coefficient (Wildman–Crippen LogP) is 2.52. The van der Waals surface area contributed by atoms with Gasteiger partial charge in [-0.3, -0.25) is 0 Å². The van der Waals surface area contributed by atoms with E-state index in [0.29, 0.717) is 0 Å². The second kappa shape index (κ2) is 3.27. The summed E-state index contributed by atoms with van der Waals surface area (Å²) in [7, 11) is 0. The first-order chi connectivity index (χ1) is 6.11. The lowest BCUT2D eigenvalue weighted by Gasteiger charge is -2.37. The van der Waals surface area contributed by atoms with Crippen molar-refractivity contribution in [2.24, 2.45) is 29.6 Å². The van der Waals surface area contributed by atoms with E-state index in [-0.39, 0.29) is 0 Å². The van der Waals surface area contributed by atoms with Gasteiger partial charge in [-0.1, -0.05) is 27.7 Å². The van der Waals surface area contributed by atoms with Gasteiger partial charge in [-0.2, -0.15) is 0 Å². The highest BCUT2D eigenvalue weighted by Crippen LogP contribution is 2.48. The van der Waals surface area contributed by atoms with Gasteiger partial charge in [0, 0.05) is 6.04 Å². The average molecular weight is 181 g/mol. The number of hydrogen-bond donors (Lipinski definition) is 1. The van der Waals surface area contributed by atoms with Crippen LogP contribution in [-0.4, -0.2) is 12.6 Å². The van der Waals surface area contributed by atoms with Gasteiger partial charge in [0.1, 0.15) is 0 Å². The molecule has 2 aliphatic rings. The summed E-state index contributed by atoms with van der Waals surface area (Å²) in [6.07, 6.45) is 1.45. The molecule has 0 aromatic rings. The van der Waals surface area contributed by atoms with Crippen molar-refractivity contribution in [2.45, 2.75) is 40.2 Å². The molecule has 0 amide bonds. The SMILES string of the molecule is CC(C)[C@@H]1C2CC(CN2)[C@@H]1C(C)C. The Morgan fingerprint density at radius 2 is 1.62 bits per heavy atom. The average Bonchev–Trinajstić information content (AvgIpc) is 2.60. The van der Waals surface area contributed by atoms with Crippen LogP contribution in [0.25, 0.3) is 0 Å². The summed E-state index contributed by atoms with van der Waals surface area (Å²) < 4.78 is 0. The predicted molar refractivity (Wildman–Crippen MR) is 56.6 cm³/mol. The highest BCUT2D eigenvalue weighted by Gasteiger charge is 2.49. The number of hydrogen-bond acceptors (Lipinski definition) is 1. The van der Waals surface area contributed by atoms with Crippen LogP contribution in [0.4, 0.5) is 0 Å². The topological polar surface area (TPSA) is 12.0 Å². The van der Waals surface area contributed by atoms with Crippen molar-refractivity contribution in [3.63, 3.8) is 0 Å². The largest absolute Gasteiger partial charge is 0.313 e. The van der Waals surface area contributed by atoms with E-state index in [1.165, 1.54) is 13.0 Å². The molecular weight excluding hydrogens is 158 g/mol. The van der Waals surface area contributed by atoms with Crippen molar-refractivity contribution in [2.75, 3.05) is 6.54 Å². The van der Waals surface area contributed by atoms with E-state index in [9.17, 15) is 0 Å². The Hall–Kier alpha value is -0.0400. The maximum atomic E-state index is 3.67. The van der Waals surface area contributed by atoms with E-state index < -0.39 is 0 Å². The van der Waals surface area contributed by atoms with Crippen molar-refractivity contribution in [3.8, 4) is 0 Å². The summed E-state index contributed by atoms with van der Waals surface area (Å²) in [4.78, 5) is 0. The molecule has 0 aromatic heterocycles. The fourth-order valence-corrected chi connectivity index (χ4v) is 3.86. The minimum absolute atomic E-state index is 0.845. The number of fused-ring (bicyclic) bond motifs is 2. The monoisotopic (exact) mass is 181 g/mol. The first kappa shape index (κ1) is 9.51. The molecule has 1 nitrogen and oxygen atoms in total. The molecule has 76 valence electrons. The minimum atomic E-state index is 0.845. The molecule has 2 bridgehead atoms. The van der Waals surface area contributed by atoms with Crippen LogP contribution in [0.3, 0.4) is 0 Å². The normalized spacial score (nSPS) is 43.8. The van der Waals surface area contributed by atoms with Gasteiger partial charge in [-0.05, 0) is 42.6 Å². The van der Waals surface area contributed by atoms with Crippen LogP contribution < -0.4 is 5.32 Å². The Bertz CT molecular complexity index is 166. The van der Waals surface area contributed by atoms with Crippen LogP contribution in [0.1, 0.15) is 34.1 Å². The smallest absolute Gasteiger partial charge is 0.0104 e. The van der Waals surface area contributed by atoms with Crippen LogP contribution >= 0.6 is 0 Å². The highest BCUT2D eigenvalue weighted by molar-refractivity contribution is 5.02. The Kier molecular flexibility index (Phi) is 2.39. The standard InChI is InChI=1S/C12H23N/c1-7(2)11-9-5-10(13-6-9)12(11)8(3)4/h7-13H,5-6H2,1-4H3/t9?,10?,11-,12+/m0/s1. The lowest BCUT2D eigenvalue weighted by molar-refractivity contribution is 0.142. The lowest BCUT2D eigenvalue weighted by Crippen LogP contribution is -2.42. The van der Waals surface area contributed by atoms with Gasteiger partial charge < -0.3 is 5.32 Å². The van der Waals surface area contributed by atoms with E-state index in [1.807, 2.05) is 0 Å². The van der Waals surface area contributed by atoms with Gasteiger partial charge in [0.25, 0.3) is 0 Å². The van der Waals surface area contributed by atoms with Crippen LogP contribution in [0.15, 0.2) is 0 Å². The summed E-state index contributed by atoms with van der Waals surface area (Å²) in [6.45, 7) is 10.9. The zero-order valence-electron chi connectivity index (χ0n) is 9.38. The molecule has 0 spiro atoms. The van der Waals surface area contributed by atoms with Crippen LogP contribution in [-0.2, 0) is 0 Å². The molecule has 0 radical (unpaired) electrons. The summed E-state index contributed by atoms with van der Waals surface area (Å²) in [5.41, 5.74) is 0. The van der Waals surface area contributed by atoms with Gasteiger partial charge in [-0.15, -0.1) is 0 Å². The van der Waals surface area contributed by atoms with Gasteiger partial charge in [0.2, 0.25) is 0 Å². The van der Waals surface area contributed by atoms with E-state index in [1.54, 1.807) is 0 Å². The molecule has 2 rings (SSSR count). The zero-order valence-corrected chi connectivity index (χ0v) is 9.38. The summed E-state index contributed by atoms with van der Waals surface area (Å²) in [5, 5.41) is 3.67. The van der Waals surface area contributed by atoms with Crippen molar-refractivity contribution in [1.82, 2.24) is 5.32 Å². The molecule has 1 N–H and O–H groups in total. The van der Waals surface area contributed by atoms with Gasteiger partial charge in [-0.25, -0.2) is 0 Å². The van der Waals surface area contributed by atoms with Gasteiger partial charge in [0.05, 0.1) is 0 Å². The van der Waals surface area contributed by atoms with Crippen molar-refractivity contribution >= 4 is 0 Å². The molecule has 1 saturated heterocycles. The molecule has 1 aliphatic carbocycles. The molecule has 13 heavy (non-hydrogen) atoms. The van der Waals surface area contributed by atoms with E-state index >= 15 is 0 Å². The van der Waals surface area contributed by atoms with E-state index in [4.69, 9.17) is 0 Å². The minimum Gasteiger partial charge on any atom is -0.313 e. The maximum Gasteiger partial charge on any atom is 0.0104 e. The van der Waals surface area contributed by atoms with Crippen LogP contribution in [0.5, 0.6) is 0 Å². The fraction of sp³-hybridized carbons (Fsp3) is 1.00. The third-order valence-corrected chi connectivity index (χ3v) is 4.19. The molecule has 1 heterocycles. The molecule has 2 fully saturated rings. The third kappa shape index (κ3) is 1.41. The number of nitrogens with one attached hydrogen (secondary N) is 1. The van der Waals surface area contributed by atoms with Crippen LogP contribution in [0, 0.1) is 29.6 Å². The molecule has 2 unspecified atom stereocenters. The maximum absolute atomic E-state index is 3.67. The zero-order chi connectivity index (χ0) is 9.59. The van der Waals surface area contributed by atoms with Crippen molar-refractivity contribution in [1.29, 1.82) is 0 Å². The first-order valence-corrected chi connectivity index (χ1v) is 5.84. The Balaban J connectivity index is 2.15. The third-order valence-electron chi connectivity index (χ3n) is 4.19. The van der Waals surface area contributed by atoms with Gasteiger partial charge >= 0.3 is 0 Å². The Morgan fingerprint density at radius 3 is 2.08 bits per heavy atom. The second-order valence-electron chi connectivity index (χ2n) is 5.65. The second-order valence-corrected chi connectivity index (χ2v) is 5.65. The highest BCUT2D eigenvalue weighted by atomic mass is 15.0. The summed E-state index contributed by atoms with van der Waals surface area (Å²) in [6, 6.07) is 0.845. The molecule has 4 atom stereocenters. The van der Waals surface area contributed by atoms with E-state index in [2.05, 4.69) is 33.0 Å². The molecule has 1 saturated carbocycles. The quantitative estimate of drug-likeness (QED) is 0.690. The van der Waals surface area contributed by atoms with Crippen molar-refractivity contribution in [3.05, 3.63) is 0 Å². The fourth-order valence-electron chi connectivity index (χ4n) is 3.86. The molecule has 1 heteroatoms. The first-order valence-electron chi connectivity index (χ1n) is 5.84. The molecule has 0 aromatic carbocycles. The Morgan fingerprint density at radius 1 is 1.00 bits per heavy atom. The summed E-state index contributed by atoms with van der Waals surface area (Å²) >= 11 is 0. The number of rotatable bonds is 2. The van der Waals surface area contributed by atoms with E-state index in [0.717, 1.165) is 35.6 Å². The van der Waals surface area contributed by atoms with Crippen molar-refractivity contribution < 1.29 is 0 Å². The number of piperidine rings is 1. The van der Waals surface area contributed by atoms with Crippen LogP contribution in [0.2, 0.25) is 0 Å². The summed E-state index contributed by atoms with van der Waals surface area (Å²) in [5.74, 6) is 4.65. The molecular formula is C12H23N. The Labute approximate surface area is 82.3 Å². The lowest BCUT2D eigenvalue weighted by atomic mass is 9.73. The molecule has 1 aliphatic heterocycles.